The van der Waals surface area contributed by atoms with Crippen LogP contribution in [0, 0.1) is 5.82 Å². The Morgan fingerprint density at radius 1 is 1.02 bits per heavy atom. The maximum atomic E-state index is 13.6. The number of carbonyl (C=O) groups excluding carboxylic acids is 3. The number of carboxylic acid groups (broad SMARTS) is 2. The Morgan fingerprint density at radius 2 is 1.68 bits per heavy atom. The lowest BCUT2D eigenvalue weighted by Crippen LogP contribution is -2.52. The van der Waals surface area contributed by atoms with E-state index in [-0.39, 0.29) is 29.7 Å². The molecule has 3 rings (SSSR count). The van der Waals surface area contributed by atoms with Gasteiger partial charge in [0.15, 0.2) is 0 Å². The van der Waals surface area contributed by atoms with E-state index in [2.05, 4.69) is 5.32 Å². The normalized spacial score (nSPS) is 15.0. The molecule has 0 saturated carbocycles. The number of imide groups is 1. The molecule has 0 fully saturated rings. The summed E-state index contributed by atoms with van der Waals surface area (Å²) in [6, 6.07) is 6.58. The van der Waals surface area contributed by atoms with Crippen molar-refractivity contribution in [2.75, 3.05) is 11.9 Å². The highest BCUT2D eigenvalue weighted by Crippen LogP contribution is 2.36. The fourth-order valence-electron chi connectivity index (χ4n) is 4.45. The van der Waals surface area contributed by atoms with Crippen LogP contribution in [0.2, 0.25) is 0 Å². The van der Waals surface area contributed by atoms with Gasteiger partial charge in [-0.25, -0.2) is 14.1 Å². The third-order valence-corrected chi connectivity index (χ3v) is 6.69. The fraction of sp³-hybridized carbons (Fsp3) is 0.370. The number of carboxylic acids is 1. The predicted octanol–water partition coefficient (Wildman–Crippen LogP) is 4.15. The second kappa shape index (κ2) is 12.8. The van der Waals surface area contributed by atoms with E-state index in [1.54, 1.807) is 6.07 Å². The molecule has 1 aliphatic carbocycles. The van der Waals surface area contributed by atoms with Gasteiger partial charge in [-0.2, -0.15) is 13.2 Å². The number of carbonyl (C=O) groups is 5. The first kappa shape index (κ1) is 31.0. The molecule has 1 unspecified atom stereocenters. The summed E-state index contributed by atoms with van der Waals surface area (Å²) < 4.78 is 54.0. The number of nitrogens with zero attached hydrogens (tertiary/aromatic N) is 2. The molecule has 2 atom stereocenters. The smallest absolute Gasteiger partial charge is 0.414 e. The molecular formula is C27H27F4N3O7. The van der Waals surface area contributed by atoms with Crippen LogP contribution in [0.25, 0.3) is 0 Å². The first-order chi connectivity index (χ1) is 19.2. The molecule has 3 N–H and O–H groups in total. The fourth-order valence-corrected chi connectivity index (χ4v) is 4.45. The zero-order valence-electron chi connectivity index (χ0n) is 21.8. The quantitative estimate of drug-likeness (QED) is 0.358. The Hall–Kier alpha value is -4.49. The third-order valence-electron chi connectivity index (χ3n) is 6.69. The predicted molar refractivity (Wildman–Crippen MR) is 135 cm³/mol. The van der Waals surface area contributed by atoms with Crippen molar-refractivity contribution in [1.29, 1.82) is 0 Å². The zero-order valence-corrected chi connectivity index (χ0v) is 21.8. The molecule has 0 aromatic heterocycles. The Labute approximate surface area is 231 Å². The van der Waals surface area contributed by atoms with Gasteiger partial charge >= 0.3 is 18.2 Å². The van der Waals surface area contributed by atoms with Gasteiger partial charge in [-0.1, -0.05) is 18.2 Å². The van der Waals surface area contributed by atoms with Crippen LogP contribution in [0.5, 0.6) is 0 Å². The molecule has 14 heteroatoms. The minimum atomic E-state index is -4.86. The van der Waals surface area contributed by atoms with Gasteiger partial charge in [-0.05, 0) is 60.7 Å². The van der Waals surface area contributed by atoms with Gasteiger partial charge in [-0.15, -0.1) is 0 Å². The van der Waals surface area contributed by atoms with Crippen LogP contribution in [-0.4, -0.2) is 68.6 Å². The molecule has 0 saturated heterocycles. The number of hydrogen-bond acceptors (Lipinski definition) is 5. The number of anilines is 1. The summed E-state index contributed by atoms with van der Waals surface area (Å²) >= 11 is 0. The number of halogens is 4. The van der Waals surface area contributed by atoms with E-state index in [9.17, 15) is 46.6 Å². The minimum absolute atomic E-state index is 0.154. The average Bonchev–Trinajstić information content (AvgIpc) is 3.32. The summed E-state index contributed by atoms with van der Waals surface area (Å²) in [7, 11) is 0. The van der Waals surface area contributed by atoms with Gasteiger partial charge < -0.3 is 20.4 Å². The molecule has 4 amide bonds. The number of aryl methyl sites for hydroxylation is 1. The van der Waals surface area contributed by atoms with Gasteiger partial charge in [0.05, 0.1) is 12.3 Å². The van der Waals surface area contributed by atoms with E-state index in [1.807, 2.05) is 0 Å². The standard InChI is InChI=1S/C27H27F4N3O7/c1-15(27(29,30)31)33(13-16-2-5-18(28)6-3-16)23(36)14-34(26(40)41)25(39)21-8-4-17-12-19(7-9-20(17)21)32-22(35)10-11-24(37)38/h2-3,5-7,9,12,15,21H,4,8,10-11,13-14H2,1H3,(H,32,35)(H,37,38)(H,40,41)/t15-,21?/m0/s1. The van der Waals surface area contributed by atoms with Crippen molar-refractivity contribution >= 4 is 35.5 Å². The SMILES string of the molecule is C[C@H](N(Cc1ccc(F)cc1)C(=O)CN(C(=O)O)C(=O)C1CCc2cc(NC(=O)CCC(=O)O)ccc21)C(F)(F)F. The Kier molecular flexibility index (Phi) is 9.68. The largest absolute Gasteiger partial charge is 0.481 e. The van der Waals surface area contributed by atoms with Crippen LogP contribution >= 0.6 is 0 Å². The summed E-state index contributed by atoms with van der Waals surface area (Å²) in [6.45, 7) is -1.05. The van der Waals surface area contributed by atoms with Gasteiger partial charge in [0.1, 0.15) is 18.4 Å². The number of aliphatic carboxylic acids is 1. The van der Waals surface area contributed by atoms with Crippen molar-refractivity contribution in [3.05, 3.63) is 65.0 Å². The summed E-state index contributed by atoms with van der Waals surface area (Å²) in [5, 5.41) is 21.0. The molecule has 0 spiro atoms. The minimum Gasteiger partial charge on any atom is -0.481 e. The molecule has 0 heterocycles. The van der Waals surface area contributed by atoms with Crippen LogP contribution < -0.4 is 5.32 Å². The van der Waals surface area contributed by atoms with Gasteiger partial charge in [0, 0.05) is 18.7 Å². The first-order valence-corrected chi connectivity index (χ1v) is 12.5. The van der Waals surface area contributed by atoms with Crippen LogP contribution in [-0.2, 0) is 32.1 Å². The van der Waals surface area contributed by atoms with Crippen molar-refractivity contribution in [2.45, 2.75) is 57.3 Å². The third kappa shape index (κ3) is 8.02. The number of rotatable bonds is 10. The average molecular weight is 582 g/mol. The maximum absolute atomic E-state index is 13.6. The zero-order chi connectivity index (χ0) is 30.5. The molecular weight excluding hydrogens is 554 g/mol. The van der Waals surface area contributed by atoms with Crippen LogP contribution in [0.15, 0.2) is 42.5 Å². The van der Waals surface area contributed by atoms with Gasteiger partial charge in [0.2, 0.25) is 17.7 Å². The summed E-state index contributed by atoms with van der Waals surface area (Å²) in [6.07, 6.45) is -6.83. The molecule has 10 nitrogen and oxygen atoms in total. The van der Waals surface area contributed by atoms with Crippen LogP contribution in [0.4, 0.5) is 28.0 Å². The van der Waals surface area contributed by atoms with E-state index in [0.717, 1.165) is 19.1 Å². The highest BCUT2D eigenvalue weighted by atomic mass is 19.4. The van der Waals surface area contributed by atoms with Crippen LogP contribution in [0.1, 0.15) is 48.8 Å². The van der Waals surface area contributed by atoms with Crippen molar-refractivity contribution < 1.29 is 51.7 Å². The van der Waals surface area contributed by atoms with E-state index in [1.165, 1.54) is 24.3 Å². The second-order valence-electron chi connectivity index (χ2n) is 9.52. The summed E-state index contributed by atoms with van der Waals surface area (Å²) in [5.41, 5.74) is 1.55. The van der Waals surface area contributed by atoms with Crippen molar-refractivity contribution in [3.8, 4) is 0 Å². The molecule has 0 bridgehead atoms. The van der Waals surface area contributed by atoms with E-state index < -0.39 is 66.8 Å². The number of alkyl halides is 3. The Balaban J connectivity index is 1.78. The number of benzene rings is 2. The molecule has 1 aliphatic rings. The molecule has 2 aromatic rings. The molecule has 0 radical (unpaired) electrons. The molecule has 220 valence electrons. The van der Waals surface area contributed by atoms with Crippen LogP contribution in [0.3, 0.4) is 0 Å². The Morgan fingerprint density at radius 3 is 2.27 bits per heavy atom. The monoisotopic (exact) mass is 581 g/mol. The van der Waals surface area contributed by atoms with Crippen molar-refractivity contribution in [2.24, 2.45) is 0 Å². The lowest BCUT2D eigenvalue weighted by atomic mass is 9.99. The topological polar surface area (TPSA) is 144 Å². The number of fused-ring (bicyclic) bond motifs is 1. The maximum Gasteiger partial charge on any atom is 0.414 e. The van der Waals surface area contributed by atoms with Gasteiger partial charge in [0.25, 0.3) is 0 Å². The summed E-state index contributed by atoms with van der Waals surface area (Å²) in [5.74, 6) is -5.58. The Bertz CT molecular complexity index is 1330. The first-order valence-electron chi connectivity index (χ1n) is 12.5. The highest BCUT2D eigenvalue weighted by Gasteiger charge is 2.43. The molecule has 2 aromatic carbocycles. The van der Waals surface area contributed by atoms with Crippen molar-refractivity contribution in [3.63, 3.8) is 0 Å². The summed E-state index contributed by atoms with van der Waals surface area (Å²) in [4.78, 5) is 61.5. The van der Waals surface area contributed by atoms with E-state index >= 15 is 0 Å². The van der Waals surface area contributed by atoms with Gasteiger partial charge in [-0.3, -0.25) is 19.2 Å². The second-order valence-corrected chi connectivity index (χ2v) is 9.52. The van der Waals surface area contributed by atoms with E-state index in [4.69, 9.17) is 5.11 Å². The lowest BCUT2D eigenvalue weighted by molar-refractivity contribution is -0.187. The molecule has 0 aliphatic heterocycles. The number of nitrogens with one attached hydrogen (secondary N) is 1. The molecule has 41 heavy (non-hydrogen) atoms. The number of amides is 4. The highest BCUT2D eigenvalue weighted by molar-refractivity contribution is 5.99. The number of hydrogen-bond donors (Lipinski definition) is 3. The lowest BCUT2D eigenvalue weighted by Gasteiger charge is -2.32. The van der Waals surface area contributed by atoms with E-state index in [0.29, 0.717) is 28.1 Å². The van der Waals surface area contributed by atoms with Crippen molar-refractivity contribution in [1.82, 2.24) is 9.80 Å².